The smallest absolute Gasteiger partial charge is 0.134 e. The quantitative estimate of drug-likeness (QED) is 0.663. The van der Waals surface area contributed by atoms with Gasteiger partial charge in [-0.1, -0.05) is 11.8 Å². The first kappa shape index (κ1) is 11.2. The normalized spacial score (nSPS) is 10.1. The average Bonchev–Trinajstić information content (AvgIpc) is 2.93. The van der Waals surface area contributed by atoms with Crippen LogP contribution in [0.15, 0.2) is 43.2 Å². The van der Waals surface area contributed by atoms with Crippen LogP contribution in [0.4, 0.5) is 5.82 Å². The number of nitrogens with two attached hydrogens (primary N) is 1. The Hall–Kier alpha value is -2.87. The summed E-state index contributed by atoms with van der Waals surface area (Å²) in [6.07, 6.45) is 6.81. The van der Waals surface area contributed by atoms with Crippen molar-refractivity contribution in [2.75, 3.05) is 5.73 Å². The SMILES string of the molecule is Nc1ncnc2ccc(C#CCn3ccnc3)cc12. The third-order valence-corrected chi connectivity index (χ3v) is 2.72. The first-order valence-electron chi connectivity index (χ1n) is 5.78. The molecular weight excluding hydrogens is 238 g/mol. The molecule has 1 aromatic carbocycles. The predicted octanol–water partition coefficient (Wildman–Crippen LogP) is 1.46. The zero-order chi connectivity index (χ0) is 13.1. The van der Waals surface area contributed by atoms with E-state index in [2.05, 4.69) is 26.8 Å². The van der Waals surface area contributed by atoms with Crippen molar-refractivity contribution in [3.8, 4) is 11.8 Å². The van der Waals surface area contributed by atoms with Crippen molar-refractivity contribution in [2.45, 2.75) is 6.54 Å². The van der Waals surface area contributed by atoms with Crippen LogP contribution < -0.4 is 5.73 Å². The Bertz CT molecular complexity index is 765. The standard InChI is InChI=1S/C14H11N5/c15-14-12-8-11(3-4-13(12)17-9-18-14)2-1-6-19-7-5-16-10-19/h3-5,7-10H,6H2,(H2,15,17,18). The fourth-order valence-corrected chi connectivity index (χ4v) is 1.77. The van der Waals surface area contributed by atoms with E-state index in [1.807, 2.05) is 29.0 Å². The maximum absolute atomic E-state index is 5.82. The van der Waals surface area contributed by atoms with Crippen LogP contribution >= 0.6 is 0 Å². The van der Waals surface area contributed by atoms with E-state index >= 15 is 0 Å². The molecule has 0 bridgehead atoms. The highest BCUT2D eigenvalue weighted by atomic mass is 15.0. The molecular formula is C14H11N5. The maximum Gasteiger partial charge on any atom is 0.134 e. The number of nitrogen functional groups attached to an aromatic ring is 1. The Morgan fingerprint density at radius 3 is 3.05 bits per heavy atom. The van der Waals surface area contributed by atoms with Gasteiger partial charge in [-0.25, -0.2) is 15.0 Å². The summed E-state index contributed by atoms with van der Waals surface area (Å²) >= 11 is 0. The first-order chi connectivity index (χ1) is 9.33. The molecule has 0 amide bonds. The van der Waals surface area contributed by atoms with Gasteiger partial charge in [-0.2, -0.15) is 0 Å². The summed E-state index contributed by atoms with van der Waals surface area (Å²) in [5.74, 6) is 6.65. The first-order valence-corrected chi connectivity index (χ1v) is 5.78. The van der Waals surface area contributed by atoms with Crippen LogP contribution in [0.3, 0.4) is 0 Å². The van der Waals surface area contributed by atoms with Crippen LogP contribution in [0.5, 0.6) is 0 Å². The lowest BCUT2D eigenvalue weighted by Gasteiger charge is -2.00. The van der Waals surface area contributed by atoms with Gasteiger partial charge in [0.15, 0.2) is 0 Å². The Labute approximate surface area is 110 Å². The second-order valence-electron chi connectivity index (χ2n) is 4.03. The van der Waals surface area contributed by atoms with E-state index in [9.17, 15) is 0 Å². The Balaban J connectivity index is 1.89. The van der Waals surface area contributed by atoms with E-state index in [4.69, 9.17) is 5.73 Å². The summed E-state index contributed by atoms with van der Waals surface area (Å²) in [4.78, 5) is 12.1. The zero-order valence-corrected chi connectivity index (χ0v) is 10.1. The summed E-state index contributed by atoms with van der Waals surface area (Å²) in [6.45, 7) is 0.610. The molecule has 0 fully saturated rings. The summed E-state index contributed by atoms with van der Waals surface area (Å²) in [5.41, 5.74) is 7.54. The summed E-state index contributed by atoms with van der Waals surface area (Å²) < 4.78 is 1.91. The predicted molar refractivity (Wildman–Crippen MR) is 73.1 cm³/mol. The number of imidazole rings is 1. The van der Waals surface area contributed by atoms with Crippen LogP contribution in [0.25, 0.3) is 10.9 Å². The molecule has 5 nitrogen and oxygen atoms in total. The molecule has 3 rings (SSSR count). The number of hydrogen-bond donors (Lipinski definition) is 1. The van der Waals surface area contributed by atoms with Crippen molar-refractivity contribution in [3.05, 3.63) is 48.8 Å². The Morgan fingerprint density at radius 2 is 2.21 bits per heavy atom. The van der Waals surface area contributed by atoms with Crippen molar-refractivity contribution in [3.63, 3.8) is 0 Å². The fraction of sp³-hybridized carbons (Fsp3) is 0.0714. The fourth-order valence-electron chi connectivity index (χ4n) is 1.77. The molecule has 0 atom stereocenters. The summed E-state index contributed by atoms with van der Waals surface area (Å²) in [5, 5.41) is 0.830. The highest BCUT2D eigenvalue weighted by molar-refractivity contribution is 5.88. The van der Waals surface area contributed by atoms with Gasteiger partial charge in [-0.3, -0.25) is 0 Å². The molecule has 2 aromatic heterocycles. The van der Waals surface area contributed by atoms with Gasteiger partial charge < -0.3 is 10.3 Å². The Morgan fingerprint density at radius 1 is 1.26 bits per heavy atom. The molecule has 0 unspecified atom stereocenters. The number of anilines is 1. The molecule has 2 heterocycles. The molecule has 0 aliphatic heterocycles. The lowest BCUT2D eigenvalue weighted by molar-refractivity contribution is 0.840. The van der Waals surface area contributed by atoms with Gasteiger partial charge in [-0.05, 0) is 18.2 Å². The zero-order valence-electron chi connectivity index (χ0n) is 10.1. The molecule has 0 radical (unpaired) electrons. The minimum Gasteiger partial charge on any atom is -0.383 e. The molecule has 0 saturated carbocycles. The number of rotatable bonds is 1. The second-order valence-corrected chi connectivity index (χ2v) is 4.03. The van der Waals surface area contributed by atoms with Crippen LogP contribution in [-0.2, 0) is 6.54 Å². The van der Waals surface area contributed by atoms with Gasteiger partial charge in [0.25, 0.3) is 0 Å². The molecule has 19 heavy (non-hydrogen) atoms. The Kier molecular flexibility index (Phi) is 2.83. The van der Waals surface area contributed by atoms with Crippen molar-refractivity contribution >= 4 is 16.7 Å². The molecule has 92 valence electrons. The number of hydrogen-bond acceptors (Lipinski definition) is 4. The minimum absolute atomic E-state index is 0.475. The van der Waals surface area contributed by atoms with Gasteiger partial charge >= 0.3 is 0 Å². The van der Waals surface area contributed by atoms with E-state index in [0.717, 1.165) is 16.5 Å². The maximum atomic E-state index is 5.82. The molecule has 0 saturated heterocycles. The van der Waals surface area contributed by atoms with Gasteiger partial charge in [0.1, 0.15) is 12.1 Å². The van der Waals surface area contributed by atoms with Crippen molar-refractivity contribution in [2.24, 2.45) is 0 Å². The number of aromatic nitrogens is 4. The van der Waals surface area contributed by atoms with Crippen LogP contribution in [0, 0.1) is 11.8 Å². The van der Waals surface area contributed by atoms with E-state index in [1.54, 1.807) is 12.5 Å². The molecule has 0 spiro atoms. The second kappa shape index (κ2) is 4.78. The van der Waals surface area contributed by atoms with E-state index in [-0.39, 0.29) is 0 Å². The van der Waals surface area contributed by atoms with Crippen LogP contribution in [-0.4, -0.2) is 19.5 Å². The number of fused-ring (bicyclic) bond motifs is 1. The van der Waals surface area contributed by atoms with Gasteiger partial charge in [0.2, 0.25) is 0 Å². The third-order valence-electron chi connectivity index (χ3n) is 2.72. The van der Waals surface area contributed by atoms with E-state index < -0.39 is 0 Å². The summed E-state index contributed by atoms with van der Waals surface area (Å²) in [7, 11) is 0. The lowest BCUT2D eigenvalue weighted by Crippen LogP contribution is -1.93. The molecule has 3 aromatic rings. The summed E-state index contributed by atoms with van der Waals surface area (Å²) in [6, 6.07) is 5.73. The monoisotopic (exact) mass is 249 g/mol. The molecule has 5 heteroatoms. The van der Waals surface area contributed by atoms with Gasteiger partial charge in [0, 0.05) is 23.3 Å². The average molecular weight is 249 g/mol. The van der Waals surface area contributed by atoms with E-state index in [0.29, 0.717) is 12.4 Å². The third kappa shape index (κ3) is 2.38. The molecule has 0 aliphatic rings. The largest absolute Gasteiger partial charge is 0.383 e. The highest BCUT2D eigenvalue weighted by Crippen LogP contribution is 2.17. The lowest BCUT2D eigenvalue weighted by atomic mass is 10.1. The number of nitrogens with zero attached hydrogens (tertiary/aromatic N) is 4. The van der Waals surface area contributed by atoms with Gasteiger partial charge in [-0.15, -0.1) is 0 Å². The molecule has 0 aliphatic carbocycles. The molecule has 2 N–H and O–H groups in total. The van der Waals surface area contributed by atoms with Crippen LogP contribution in [0.1, 0.15) is 5.56 Å². The van der Waals surface area contributed by atoms with Crippen molar-refractivity contribution < 1.29 is 0 Å². The topological polar surface area (TPSA) is 69.6 Å². The highest BCUT2D eigenvalue weighted by Gasteiger charge is 2.00. The minimum atomic E-state index is 0.475. The number of benzene rings is 1. The van der Waals surface area contributed by atoms with Crippen LogP contribution in [0.2, 0.25) is 0 Å². The van der Waals surface area contributed by atoms with Crippen molar-refractivity contribution in [1.29, 1.82) is 0 Å². The van der Waals surface area contributed by atoms with Crippen molar-refractivity contribution in [1.82, 2.24) is 19.5 Å². The van der Waals surface area contributed by atoms with E-state index in [1.165, 1.54) is 6.33 Å². The van der Waals surface area contributed by atoms with Gasteiger partial charge in [0.05, 0.1) is 18.4 Å².